The molecule has 1 aliphatic rings. The Bertz CT molecular complexity index is 1040. The van der Waals surface area contributed by atoms with Crippen LogP contribution in [0.15, 0.2) is 54.0 Å². The largest absolute Gasteiger partial charge is 0.345 e. The van der Waals surface area contributed by atoms with Gasteiger partial charge in [-0.1, -0.05) is 30.3 Å². The smallest absolute Gasteiger partial charge is 0.254 e. The lowest BCUT2D eigenvalue weighted by Crippen LogP contribution is -2.49. The van der Waals surface area contributed by atoms with E-state index in [4.69, 9.17) is 0 Å². The second-order valence-corrected chi connectivity index (χ2v) is 8.14. The lowest BCUT2D eigenvalue weighted by Gasteiger charge is -2.34. The van der Waals surface area contributed by atoms with Gasteiger partial charge in [-0.05, 0) is 37.1 Å². The lowest BCUT2D eigenvalue weighted by atomic mass is 9.95. The monoisotopic (exact) mass is 405 g/mol. The maximum Gasteiger partial charge on any atom is 0.254 e. The summed E-state index contributed by atoms with van der Waals surface area (Å²) in [6.45, 7) is 6.73. The molecule has 0 radical (unpaired) electrons. The van der Waals surface area contributed by atoms with Crippen molar-refractivity contribution in [2.75, 3.05) is 31.1 Å². The van der Waals surface area contributed by atoms with Crippen LogP contribution in [0, 0.1) is 13.8 Å². The summed E-state index contributed by atoms with van der Waals surface area (Å²) in [6.07, 6.45) is 1.80. The predicted molar refractivity (Wildman–Crippen MR) is 116 cm³/mol. The van der Waals surface area contributed by atoms with E-state index in [1.165, 1.54) is 0 Å². The van der Waals surface area contributed by atoms with Gasteiger partial charge in [-0.15, -0.1) is 11.3 Å². The standard InChI is InChI=1S/C23H23N3O2S/c1-16-7-8-18(15-17(16)2)21(27)19-5-3-4-6-20(19)22(28)25-10-12-26(13-11-25)23-24-9-14-29-23/h3-9,14-15H,10-13H2,1-2H3. The van der Waals surface area contributed by atoms with Gasteiger partial charge < -0.3 is 9.80 Å². The number of carbonyl (C=O) groups is 2. The van der Waals surface area contributed by atoms with Crippen LogP contribution in [0.4, 0.5) is 5.13 Å². The number of nitrogens with zero attached hydrogens (tertiary/aromatic N) is 3. The molecule has 0 saturated carbocycles. The van der Waals surface area contributed by atoms with Crippen molar-refractivity contribution < 1.29 is 9.59 Å². The van der Waals surface area contributed by atoms with Gasteiger partial charge in [-0.3, -0.25) is 9.59 Å². The second kappa shape index (κ2) is 8.17. The Balaban J connectivity index is 1.54. The molecule has 148 valence electrons. The van der Waals surface area contributed by atoms with Gasteiger partial charge in [0.2, 0.25) is 0 Å². The highest BCUT2D eigenvalue weighted by Gasteiger charge is 2.26. The molecule has 0 spiro atoms. The topological polar surface area (TPSA) is 53.5 Å². The van der Waals surface area contributed by atoms with Crippen LogP contribution in [0.3, 0.4) is 0 Å². The van der Waals surface area contributed by atoms with Crippen LogP contribution in [0.2, 0.25) is 0 Å². The van der Waals surface area contributed by atoms with E-state index in [1.54, 1.807) is 29.7 Å². The van der Waals surface area contributed by atoms with E-state index in [1.807, 2.05) is 54.5 Å². The summed E-state index contributed by atoms with van der Waals surface area (Å²) in [7, 11) is 0. The predicted octanol–water partition coefficient (Wildman–Crippen LogP) is 3.95. The van der Waals surface area contributed by atoms with Crippen molar-refractivity contribution in [3.63, 3.8) is 0 Å². The highest BCUT2D eigenvalue weighted by atomic mass is 32.1. The van der Waals surface area contributed by atoms with E-state index in [0.29, 0.717) is 29.8 Å². The zero-order chi connectivity index (χ0) is 20.4. The molecule has 29 heavy (non-hydrogen) atoms. The highest BCUT2D eigenvalue weighted by Crippen LogP contribution is 2.22. The molecule has 0 atom stereocenters. The molecule has 0 bridgehead atoms. The third kappa shape index (κ3) is 3.93. The van der Waals surface area contributed by atoms with Gasteiger partial charge in [0.25, 0.3) is 5.91 Å². The van der Waals surface area contributed by atoms with Crippen molar-refractivity contribution in [2.24, 2.45) is 0 Å². The van der Waals surface area contributed by atoms with Gasteiger partial charge in [0, 0.05) is 48.9 Å². The summed E-state index contributed by atoms with van der Waals surface area (Å²) in [5.74, 6) is -0.199. The van der Waals surface area contributed by atoms with E-state index in [0.717, 1.165) is 29.3 Å². The highest BCUT2D eigenvalue weighted by molar-refractivity contribution is 7.13. The second-order valence-electron chi connectivity index (χ2n) is 7.27. The van der Waals surface area contributed by atoms with E-state index < -0.39 is 0 Å². The average molecular weight is 406 g/mol. The molecule has 5 nitrogen and oxygen atoms in total. The van der Waals surface area contributed by atoms with Crippen molar-refractivity contribution >= 4 is 28.2 Å². The summed E-state index contributed by atoms with van der Waals surface area (Å²) in [5.41, 5.74) is 3.76. The summed E-state index contributed by atoms with van der Waals surface area (Å²) >= 11 is 1.61. The Morgan fingerprint density at radius 1 is 0.931 bits per heavy atom. The molecular weight excluding hydrogens is 382 g/mol. The maximum absolute atomic E-state index is 13.2. The fourth-order valence-electron chi connectivity index (χ4n) is 3.55. The quantitative estimate of drug-likeness (QED) is 0.617. The Hall–Kier alpha value is -2.99. The number of piperazine rings is 1. The molecule has 0 N–H and O–H groups in total. The first-order valence-electron chi connectivity index (χ1n) is 9.69. The normalized spacial score (nSPS) is 14.1. The van der Waals surface area contributed by atoms with Crippen molar-refractivity contribution in [1.29, 1.82) is 0 Å². The lowest BCUT2D eigenvalue weighted by molar-refractivity contribution is 0.0742. The van der Waals surface area contributed by atoms with E-state index in [9.17, 15) is 9.59 Å². The van der Waals surface area contributed by atoms with E-state index >= 15 is 0 Å². The van der Waals surface area contributed by atoms with Crippen LogP contribution in [0.1, 0.15) is 37.4 Å². The first kappa shape index (κ1) is 19.3. The Labute approximate surface area is 174 Å². The number of anilines is 1. The van der Waals surface area contributed by atoms with Gasteiger partial charge in [-0.2, -0.15) is 0 Å². The number of aryl methyl sites for hydroxylation is 2. The van der Waals surface area contributed by atoms with Gasteiger partial charge >= 0.3 is 0 Å². The van der Waals surface area contributed by atoms with Crippen LogP contribution in [0.5, 0.6) is 0 Å². The van der Waals surface area contributed by atoms with Crippen LogP contribution in [0.25, 0.3) is 0 Å². The van der Waals surface area contributed by atoms with Crippen LogP contribution in [-0.2, 0) is 0 Å². The van der Waals surface area contributed by atoms with Crippen LogP contribution in [-0.4, -0.2) is 47.8 Å². The van der Waals surface area contributed by atoms with Crippen LogP contribution < -0.4 is 4.90 Å². The molecule has 0 unspecified atom stereocenters. The molecule has 4 rings (SSSR count). The molecule has 1 saturated heterocycles. The summed E-state index contributed by atoms with van der Waals surface area (Å²) in [6, 6.07) is 12.8. The van der Waals surface area contributed by atoms with Crippen LogP contribution >= 0.6 is 11.3 Å². The number of carbonyl (C=O) groups excluding carboxylic acids is 2. The molecule has 3 aromatic rings. The number of aromatic nitrogens is 1. The fourth-order valence-corrected chi connectivity index (χ4v) is 4.25. The molecule has 1 aliphatic heterocycles. The summed E-state index contributed by atoms with van der Waals surface area (Å²) in [5, 5.41) is 2.95. The van der Waals surface area contributed by atoms with Gasteiger partial charge in [0.1, 0.15) is 0 Å². The van der Waals surface area contributed by atoms with E-state index in [2.05, 4.69) is 9.88 Å². The van der Waals surface area contributed by atoms with Gasteiger partial charge in [0.15, 0.2) is 10.9 Å². The molecule has 6 heteroatoms. The minimum Gasteiger partial charge on any atom is -0.345 e. The molecule has 0 aliphatic carbocycles. The molecule has 2 heterocycles. The van der Waals surface area contributed by atoms with Crippen molar-refractivity contribution in [3.05, 3.63) is 81.9 Å². The Kier molecular flexibility index (Phi) is 5.45. The van der Waals surface area contributed by atoms with Crippen molar-refractivity contribution in [3.8, 4) is 0 Å². The average Bonchev–Trinajstić information content (AvgIpc) is 3.30. The molecule has 1 amide bonds. The zero-order valence-electron chi connectivity index (χ0n) is 16.6. The van der Waals surface area contributed by atoms with Gasteiger partial charge in [-0.25, -0.2) is 4.98 Å². The maximum atomic E-state index is 13.2. The molecule has 1 fully saturated rings. The number of ketones is 1. The Morgan fingerprint density at radius 2 is 1.66 bits per heavy atom. The third-order valence-electron chi connectivity index (χ3n) is 5.43. The number of hydrogen-bond acceptors (Lipinski definition) is 5. The van der Waals surface area contributed by atoms with Crippen molar-refractivity contribution in [2.45, 2.75) is 13.8 Å². The first-order valence-corrected chi connectivity index (χ1v) is 10.6. The number of hydrogen-bond donors (Lipinski definition) is 0. The minimum atomic E-state index is -0.113. The summed E-state index contributed by atoms with van der Waals surface area (Å²) in [4.78, 5) is 34.7. The third-order valence-corrected chi connectivity index (χ3v) is 6.26. The number of rotatable bonds is 4. The molecular formula is C23H23N3O2S. The van der Waals surface area contributed by atoms with E-state index in [-0.39, 0.29) is 11.7 Å². The van der Waals surface area contributed by atoms with Crippen molar-refractivity contribution in [1.82, 2.24) is 9.88 Å². The SMILES string of the molecule is Cc1ccc(C(=O)c2ccccc2C(=O)N2CCN(c3nccs3)CC2)cc1C. The molecule has 2 aromatic carbocycles. The number of thiazole rings is 1. The Morgan fingerprint density at radius 3 is 2.31 bits per heavy atom. The minimum absolute atomic E-state index is 0.0865. The van der Waals surface area contributed by atoms with Gasteiger partial charge in [0.05, 0.1) is 5.56 Å². The molecule has 1 aromatic heterocycles. The first-order chi connectivity index (χ1) is 14.0. The fraction of sp³-hybridized carbons (Fsp3) is 0.261. The summed E-state index contributed by atoms with van der Waals surface area (Å²) < 4.78 is 0. The zero-order valence-corrected chi connectivity index (χ0v) is 17.4. The number of benzene rings is 2. The number of amides is 1.